The summed E-state index contributed by atoms with van der Waals surface area (Å²) in [7, 11) is 0. The monoisotopic (exact) mass is 677 g/mol. The topological polar surface area (TPSA) is 52.6 Å². The highest BCUT2D eigenvalue weighted by molar-refractivity contribution is 5.69. The van der Waals surface area contributed by atoms with Gasteiger partial charge in [0.15, 0.2) is 0 Å². The zero-order chi connectivity index (χ0) is 35.2. The molecule has 0 N–H and O–H groups in total. The van der Waals surface area contributed by atoms with Crippen LogP contribution in [0.2, 0.25) is 0 Å². The number of rotatable bonds is 38. The first kappa shape index (κ1) is 46.7. The van der Waals surface area contributed by atoms with Crippen LogP contribution in [0.4, 0.5) is 0 Å². The molecule has 0 bridgehead atoms. The molecule has 4 nitrogen and oxygen atoms in total. The number of carbonyl (C=O) groups is 2. The first-order valence-electron chi connectivity index (χ1n) is 21.5. The van der Waals surface area contributed by atoms with Crippen LogP contribution in [0.25, 0.3) is 0 Å². The molecule has 0 aliphatic heterocycles. The smallest absolute Gasteiger partial charge is 0.305 e. The van der Waals surface area contributed by atoms with Crippen molar-refractivity contribution in [2.24, 2.45) is 11.8 Å². The van der Waals surface area contributed by atoms with Crippen molar-refractivity contribution in [1.82, 2.24) is 0 Å². The van der Waals surface area contributed by atoms with Crippen LogP contribution in [-0.2, 0) is 19.1 Å². The van der Waals surface area contributed by atoms with Crippen molar-refractivity contribution >= 4 is 11.9 Å². The van der Waals surface area contributed by atoms with E-state index in [1.807, 2.05) is 0 Å². The van der Waals surface area contributed by atoms with Gasteiger partial charge < -0.3 is 9.47 Å². The lowest BCUT2D eigenvalue weighted by Gasteiger charge is -2.17. The predicted molar refractivity (Wildman–Crippen MR) is 208 cm³/mol. The van der Waals surface area contributed by atoms with Crippen molar-refractivity contribution in [1.29, 1.82) is 0 Å². The molecule has 0 radical (unpaired) electrons. The number of unbranched alkanes of at least 4 members (excludes halogenated alkanes) is 21. The third-order valence-corrected chi connectivity index (χ3v) is 10.1. The van der Waals surface area contributed by atoms with Crippen molar-refractivity contribution in [2.45, 2.75) is 233 Å². The van der Waals surface area contributed by atoms with Crippen LogP contribution in [0.3, 0.4) is 0 Å². The quantitative estimate of drug-likeness (QED) is 0.0371. The van der Waals surface area contributed by atoms with Gasteiger partial charge in [-0.2, -0.15) is 0 Å². The Morgan fingerprint density at radius 1 is 0.417 bits per heavy atom. The van der Waals surface area contributed by atoms with Crippen LogP contribution in [0.5, 0.6) is 0 Å². The van der Waals surface area contributed by atoms with Gasteiger partial charge in [0.2, 0.25) is 0 Å². The zero-order valence-electron chi connectivity index (χ0n) is 33.0. The number of hydrogen-bond donors (Lipinski definition) is 0. The van der Waals surface area contributed by atoms with Gasteiger partial charge in [-0.15, -0.1) is 0 Å². The molecule has 0 aliphatic rings. The molecule has 284 valence electrons. The van der Waals surface area contributed by atoms with E-state index in [4.69, 9.17) is 9.47 Å². The minimum Gasteiger partial charge on any atom is -0.465 e. The average molecular weight is 677 g/mol. The molecular formula is C44H84O4. The molecule has 0 saturated carbocycles. The van der Waals surface area contributed by atoms with E-state index >= 15 is 0 Å². The summed E-state index contributed by atoms with van der Waals surface area (Å²) in [6.07, 6.45) is 42.8. The van der Waals surface area contributed by atoms with E-state index in [1.54, 1.807) is 0 Å². The van der Waals surface area contributed by atoms with Crippen molar-refractivity contribution in [2.75, 3.05) is 13.2 Å². The van der Waals surface area contributed by atoms with Gasteiger partial charge in [-0.25, -0.2) is 0 Å². The highest BCUT2D eigenvalue weighted by Gasteiger charge is 2.13. The van der Waals surface area contributed by atoms with E-state index in [9.17, 15) is 9.59 Å². The molecule has 0 fully saturated rings. The van der Waals surface area contributed by atoms with Gasteiger partial charge >= 0.3 is 11.9 Å². The molecule has 0 saturated heterocycles. The fraction of sp³-hybridized carbons (Fsp3) is 0.909. The molecule has 0 rings (SSSR count). The maximum Gasteiger partial charge on any atom is 0.305 e. The fourth-order valence-electron chi connectivity index (χ4n) is 6.56. The summed E-state index contributed by atoms with van der Waals surface area (Å²) in [6, 6.07) is 0. The molecule has 48 heavy (non-hydrogen) atoms. The largest absolute Gasteiger partial charge is 0.465 e. The molecule has 0 aromatic rings. The van der Waals surface area contributed by atoms with Crippen molar-refractivity contribution in [3.05, 3.63) is 12.2 Å². The Labute approximate surface area is 300 Å². The number of ether oxygens (including phenoxy) is 2. The molecule has 0 aliphatic carbocycles. The van der Waals surface area contributed by atoms with E-state index in [1.165, 1.54) is 161 Å². The van der Waals surface area contributed by atoms with Gasteiger partial charge in [0.05, 0.1) is 13.2 Å². The molecule has 0 aromatic carbocycles. The van der Waals surface area contributed by atoms with Gasteiger partial charge in [0.25, 0.3) is 0 Å². The normalized spacial score (nSPS) is 12.8. The van der Waals surface area contributed by atoms with Gasteiger partial charge in [0, 0.05) is 12.8 Å². The highest BCUT2D eigenvalue weighted by atomic mass is 16.5. The van der Waals surface area contributed by atoms with Gasteiger partial charge in [-0.05, 0) is 69.6 Å². The first-order chi connectivity index (χ1) is 23.6. The number of esters is 2. The van der Waals surface area contributed by atoms with Crippen molar-refractivity contribution in [3.63, 3.8) is 0 Å². The van der Waals surface area contributed by atoms with E-state index in [2.05, 4.69) is 39.8 Å². The number of allylic oxidation sites excluding steroid dienone is 2. The van der Waals surface area contributed by atoms with Crippen LogP contribution in [-0.4, -0.2) is 25.2 Å². The summed E-state index contributed by atoms with van der Waals surface area (Å²) in [4.78, 5) is 24.6. The van der Waals surface area contributed by atoms with Crippen LogP contribution in [0.15, 0.2) is 12.2 Å². The highest BCUT2D eigenvalue weighted by Crippen LogP contribution is 2.21. The first-order valence-corrected chi connectivity index (χ1v) is 21.5. The average Bonchev–Trinajstić information content (AvgIpc) is 3.09. The third-order valence-electron chi connectivity index (χ3n) is 10.1. The lowest BCUT2D eigenvalue weighted by Crippen LogP contribution is -2.14. The SMILES string of the molecule is CCCCCCC/C=C\CCCCCCCC(=O)OCC(CCCCCCCC)CCCCCCCCC(=O)OCC(CC)CCCC. The Morgan fingerprint density at radius 2 is 0.771 bits per heavy atom. The molecule has 2 unspecified atom stereocenters. The lowest BCUT2D eigenvalue weighted by atomic mass is 9.94. The van der Waals surface area contributed by atoms with Crippen LogP contribution >= 0.6 is 0 Å². The van der Waals surface area contributed by atoms with E-state index < -0.39 is 0 Å². The third kappa shape index (κ3) is 34.5. The molecule has 0 aromatic heterocycles. The zero-order valence-corrected chi connectivity index (χ0v) is 33.0. The summed E-state index contributed by atoms with van der Waals surface area (Å²) >= 11 is 0. The Hall–Kier alpha value is -1.32. The Bertz CT molecular complexity index is 702. The molecule has 0 heterocycles. The van der Waals surface area contributed by atoms with E-state index in [-0.39, 0.29) is 11.9 Å². The summed E-state index contributed by atoms with van der Waals surface area (Å²) < 4.78 is 11.4. The Kier molecular flexibility index (Phi) is 37.4. The van der Waals surface area contributed by atoms with Crippen LogP contribution < -0.4 is 0 Å². The second kappa shape index (κ2) is 38.5. The maximum absolute atomic E-state index is 12.5. The molecular weight excluding hydrogens is 592 g/mol. The summed E-state index contributed by atoms with van der Waals surface area (Å²) in [5, 5.41) is 0. The minimum absolute atomic E-state index is 0.00881. The lowest BCUT2D eigenvalue weighted by molar-refractivity contribution is -0.146. The van der Waals surface area contributed by atoms with Crippen LogP contribution in [0.1, 0.15) is 233 Å². The van der Waals surface area contributed by atoms with Gasteiger partial charge in [-0.1, -0.05) is 175 Å². The summed E-state index contributed by atoms with van der Waals surface area (Å²) in [5.41, 5.74) is 0. The fourth-order valence-corrected chi connectivity index (χ4v) is 6.56. The van der Waals surface area contributed by atoms with Crippen molar-refractivity contribution in [3.8, 4) is 0 Å². The van der Waals surface area contributed by atoms with Crippen LogP contribution in [0, 0.1) is 11.8 Å². The van der Waals surface area contributed by atoms with Gasteiger partial charge in [-0.3, -0.25) is 9.59 Å². The van der Waals surface area contributed by atoms with E-state index in [0.717, 1.165) is 32.1 Å². The van der Waals surface area contributed by atoms with Crippen molar-refractivity contribution < 1.29 is 19.1 Å². The molecule has 0 spiro atoms. The second-order valence-electron chi connectivity index (χ2n) is 14.8. The predicted octanol–water partition coefficient (Wildman–Crippen LogP) is 14.4. The van der Waals surface area contributed by atoms with E-state index in [0.29, 0.717) is 37.9 Å². The molecule has 0 amide bonds. The summed E-state index contributed by atoms with van der Waals surface area (Å²) in [5.74, 6) is 1.02. The standard InChI is InChI=1S/C44H84O4/c1-5-9-12-14-16-17-18-19-20-21-22-23-28-32-38-44(46)48-40-42(35-30-26-15-13-10-6-2)36-31-27-24-25-29-33-37-43(45)47-39-41(8-4)34-11-7-3/h18-19,41-42H,5-17,20-40H2,1-4H3/b19-18-. The van der Waals surface area contributed by atoms with Gasteiger partial charge in [0.1, 0.15) is 0 Å². The second-order valence-corrected chi connectivity index (χ2v) is 14.8. The Balaban J connectivity index is 4.04. The number of hydrogen-bond acceptors (Lipinski definition) is 4. The Morgan fingerprint density at radius 3 is 1.21 bits per heavy atom. The molecule has 4 heteroatoms. The maximum atomic E-state index is 12.5. The summed E-state index contributed by atoms with van der Waals surface area (Å²) in [6.45, 7) is 10.2. The number of carbonyl (C=O) groups excluding carboxylic acids is 2. The molecule has 2 atom stereocenters. The minimum atomic E-state index is -0.0148.